The van der Waals surface area contributed by atoms with Crippen LogP contribution in [0.2, 0.25) is 0 Å². The van der Waals surface area contributed by atoms with Gasteiger partial charge in [-0.25, -0.2) is 4.68 Å². The first-order chi connectivity index (χ1) is 8.68. The maximum Gasteiger partial charge on any atom is 0.290 e. The fourth-order valence-corrected chi connectivity index (χ4v) is 2.46. The van der Waals surface area contributed by atoms with E-state index in [1.54, 1.807) is 4.68 Å². The Balaban J connectivity index is 2.02. The van der Waals surface area contributed by atoms with Gasteiger partial charge in [-0.05, 0) is 18.4 Å². The van der Waals surface area contributed by atoms with Gasteiger partial charge in [-0.15, -0.1) is 0 Å². The lowest BCUT2D eigenvalue weighted by molar-refractivity contribution is 0.518. The Morgan fingerprint density at radius 3 is 2.56 bits per heavy atom. The van der Waals surface area contributed by atoms with E-state index in [0.29, 0.717) is 18.2 Å². The van der Waals surface area contributed by atoms with E-state index in [2.05, 4.69) is 0 Å². The number of benzene rings is 1. The monoisotopic (exact) mass is 243 g/mol. The van der Waals surface area contributed by atoms with Crippen molar-refractivity contribution in [3.05, 3.63) is 51.9 Å². The zero-order chi connectivity index (χ0) is 12.7. The summed E-state index contributed by atoms with van der Waals surface area (Å²) in [4.78, 5) is 12.2. The van der Waals surface area contributed by atoms with Crippen LogP contribution < -0.4 is 11.3 Å². The Kier molecular flexibility index (Phi) is 2.51. The van der Waals surface area contributed by atoms with Crippen LogP contribution in [0.4, 0.5) is 5.69 Å². The van der Waals surface area contributed by atoms with Gasteiger partial charge in [0.2, 0.25) is 0 Å². The molecule has 18 heavy (non-hydrogen) atoms. The summed E-state index contributed by atoms with van der Waals surface area (Å²) in [5, 5.41) is 0. The Bertz CT molecular complexity index is 620. The molecule has 94 valence electrons. The maximum absolute atomic E-state index is 12.2. The quantitative estimate of drug-likeness (QED) is 0.892. The Morgan fingerprint density at radius 1 is 1.28 bits per heavy atom. The molecular formula is C14H17N3O. The van der Waals surface area contributed by atoms with E-state index in [0.717, 1.165) is 24.1 Å². The average molecular weight is 243 g/mol. The van der Waals surface area contributed by atoms with Gasteiger partial charge in [-0.3, -0.25) is 9.48 Å². The molecule has 0 bridgehead atoms. The summed E-state index contributed by atoms with van der Waals surface area (Å²) in [6.07, 6.45) is 2.29. The van der Waals surface area contributed by atoms with Crippen LogP contribution in [0.3, 0.4) is 0 Å². The Labute approximate surface area is 106 Å². The fourth-order valence-electron chi connectivity index (χ4n) is 2.46. The summed E-state index contributed by atoms with van der Waals surface area (Å²) in [5.41, 5.74) is 8.43. The average Bonchev–Trinajstić information content (AvgIpc) is 3.17. The minimum absolute atomic E-state index is 0.0664. The first-order valence-electron chi connectivity index (χ1n) is 6.27. The van der Waals surface area contributed by atoms with Crippen LogP contribution in [0.1, 0.15) is 30.0 Å². The van der Waals surface area contributed by atoms with Crippen molar-refractivity contribution in [1.29, 1.82) is 0 Å². The van der Waals surface area contributed by atoms with Gasteiger partial charge in [-0.1, -0.05) is 30.3 Å². The first-order valence-corrected chi connectivity index (χ1v) is 6.27. The highest BCUT2D eigenvalue weighted by Crippen LogP contribution is 2.41. The molecule has 1 saturated carbocycles. The van der Waals surface area contributed by atoms with Crippen molar-refractivity contribution in [2.24, 2.45) is 7.05 Å². The van der Waals surface area contributed by atoms with Crippen LogP contribution in [-0.2, 0) is 13.6 Å². The van der Waals surface area contributed by atoms with Crippen LogP contribution in [0.25, 0.3) is 0 Å². The Morgan fingerprint density at radius 2 is 1.94 bits per heavy atom. The fraction of sp³-hybridized carbons (Fsp3) is 0.357. The Hall–Kier alpha value is -1.97. The van der Waals surface area contributed by atoms with E-state index in [1.807, 2.05) is 42.1 Å². The number of nitrogens with two attached hydrogens (primary N) is 1. The number of anilines is 1. The standard InChI is InChI=1S/C14H17N3O/c1-16-13(11-7-8-11)12(15)14(18)17(16)9-10-5-3-2-4-6-10/h2-6,11H,7-9,15H2,1H3. The predicted molar refractivity (Wildman–Crippen MR) is 71.6 cm³/mol. The molecule has 4 nitrogen and oxygen atoms in total. The van der Waals surface area contributed by atoms with Crippen LogP contribution in [0, 0.1) is 0 Å². The molecule has 0 atom stereocenters. The van der Waals surface area contributed by atoms with E-state index in [9.17, 15) is 4.79 Å². The molecule has 0 aliphatic heterocycles. The number of hydrogen-bond acceptors (Lipinski definition) is 2. The number of rotatable bonds is 3. The molecule has 2 N–H and O–H groups in total. The lowest BCUT2D eigenvalue weighted by Crippen LogP contribution is -2.23. The molecule has 1 aliphatic carbocycles. The number of nitrogens with zero attached hydrogens (tertiary/aromatic N) is 2. The second-order valence-electron chi connectivity index (χ2n) is 4.95. The van der Waals surface area contributed by atoms with Crippen molar-refractivity contribution in [3.63, 3.8) is 0 Å². The summed E-state index contributed by atoms with van der Waals surface area (Å²) >= 11 is 0. The highest BCUT2D eigenvalue weighted by molar-refractivity contribution is 5.45. The van der Waals surface area contributed by atoms with Crippen molar-refractivity contribution < 1.29 is 0 Å². The lowest BCUT2D eigenvalue weighted by Gasteiger charge is -2.09. The zero-order valence-electron chi connectivity index (χ0n) is 10.5. The minimum Gasteiger partial charge on any atom is -0.393 e. The molecule has 1 aliphatic rings. The van der Waals surface area contributed by atoms with Crippen LogP contribution >= 0.6 is 0 Å². The van der Waals surface area contributed by atoms with Crippen molar-refractivity contribution in [2.75, 3.05) is 5.73 Å². The predicted octanol–water partition coefficient (Wildman–Crippen LogP) is 1.69. The second kappa shape index (κ2) is 4.05. The molecule has 1 heterocycles. The summed E-state index contributed by atoms with van der Waals surface area (Å²) < 4.78 is 3.65. The van der Waals surface area contributed by atoms with E-state index in [4.69, 9.17) is 5.73 Å². The molecule has 1 fully saturated rings. The van der Waals surface area contributed by atoms with Gasteiger partial charge < -0.3 is 5.73 Å². The SMILES string of the molecule is Cn1c(C2CC2)c(N)c(=O)n1Cc1ccccc1. The van der Waals surface area contributed by atoms with Gasteiger partial charge in [0.05, 0.1) is 12.2 Å². The molecule has 0 saturated heterocycles. The lowest BCUT2D eigenvalue weighted by atomic mass is 10.2. The van der Waals surface area contributed by atoms with Crippen molar-refractivity contribution >= 4 is 5.69 Å². The molecule has 2 aromatic rings. The van der Waals surface area contributed by atoms with E-state index in [-0.39, 0.29) is 5.56 Å². The second-order valence-corrected chi connectivity index (χ2v) is 4.95. The molecule has 4 heteroatoms. The molecule has 0 unspecified atom stereocenters. The largest absolute Gasteiger partial charge is 0.393 e. The van der Waals surface area contributed by atoms with Gasteiger partial charge in [-0.2, -0.15) is 0 Å². The van der Waals surface area contributed by atoms with E-state index >= 15 is 0 Å². The first kappa shape index (κ1) is 11.1. The third kappa shape index (κ3) is 1.74. The molecule has 0 amide bonds. The molecule has 1 aromatic carbocycles. The molecule has 1 aromatic heterocycles. The third-order valence-corrected chi connectivity index (χ3v) is 3.59. The summed E-state index contributed by atoms with van der Waals surface area (Å²) in [6.45, 7) is 0.576. The van der Waals surface area contributed by atoms with Crippen LogP contribution in [0.5, 0.6) is 0 Å². The van der Waals surface area contributed by atoms with Gasteiger partial charge in [0.25, 0.3) is 5.56 Å². The minimum atomic E-state index is -0.0664. The smallest absolute Gasteiger partial charge is 0.290 e. The van der Waals surface area contributed by atoms with Crippen LogP contribution in [-0.4, -0.2) is 9.36 Å². The topological polar surface area (TPSA) is 52.9 Å². The summed E-state index contributed by atoms with van der Waals surface area (Å²) in [6, 6.07) is 9.98. The third-order valence-electron chi connectivity index (χ3n) is 3.59. The van der Waals surface area contributed by atoms with Crippen LogP contribution in [0.15, 0.2) is 35.1 Å². The van der Waals surface area contributed by atoms with E-state index in [1.165, 1.54) is 0 Å². The highest BCUT2D eigenvalue weighted by atomic mass is 16.1. The van der Waals surface area contributed by atoms with Crippen molar-refractivity contribution in [3.8, 4) is 0 Å². The molecular weight excluding hydrogens is 226 g/mol. The normalized spacial score (nSPS) is 14.9. The molecule has 3 rings (SSSR count). The van der Waals surface area contributed by atoms with Gasteiger partial charge in [0.1, 0.15) is 5.69 Å². The molecule has 0 radical (unpaired) electrons. The van der Waals surface area contributed by atoms with Gasteiger partial charge in [0, 0.05) is 13.0 Å². The maximum atomic E-state index is 12.2. The van der Waals surface area contributed by atoms with Gasteiger partial charge in [0.15, 0.2) is 0 Å². The summed E-state index contributed by atoms with van der Waals surface area (Å²) in [7, 11) is 1.92. The number of hydrogen-bond donors (Lipinski definition) is 1. The van der Waals surface area contributed by atoms with Gasteiger partial charge >= 0.3 is 0 Å². The van der Waals surface area contributed by atoms with Crippen molar-refractivity contribution in [2.45, 2.75) is 25.3 Å². The number of nitrogen functional groups attached to an aromatic ring is 1. The number of aromatic nitrogens is 2. The zero-order valence-corrected chi connectivity index (χ0v) is 10.5. The summed E-state index contributed by atoms with van der Waals surface area (Å²) in [5.74, 6) is 0.486. The molecule has 0 spiro atoms. The van der Waals surface area contributed by atoms with Crippen molar-refractivity contribution in [1.82, 2.24) is 9.36 Å². The highest BCUT2D eigenvalue weighted by Gasteiger charge is 2.31. The van der Waals surface area contributed by atoms with E-state index < -0.39 is 0 Å².